The Balaban J connectivity index is 2.07. The van der Waals surface area contributed by atoms with E-state index >= 15 is 0 Å². The summed E-state index contributed by atoms with van der Waals surface area (Å²) in [7, 11) is 0. The summed E-state index contributed by atoms with van der Waals surface area (Å²) in [6, 6.07) is 11.9. The number of H-pyrrole nitrogens is 1. The average Bonchev–Trinajstić information content (AvgIpc) is 3.03. The van der Waals surface area contributed by atoms with E-state index in [0.717, 1.165) is 22.7 Å². The predicted octanol–water partition coefficient (Wildman–Crippen LogP) is 3.34. The van der Waals surface area contributed by atoms with Crippen molar-refractivity contribution < 1.29 is 4.42 Å². The number of nitrogens with zero attached hydrogens (tertiary/aromatic N) is 1. The molecule has 2 heterocycles. The minimum atomic E-state index is 0.869. The van der Waals surface area contributed by atoms with Crippen LogP contribution in [0.5, 0.6) is 0 Å². The number of benzene rings is 1. The fourth-order valence-corrected chi connectivity index (χ4v) is 1.69. The highest BCUT2D eigenvalue weighted by Gasteiger charge is 2.04. The standard InChI is InChI=1S/C13H10N2O/c1-3-10(12-5-2-8-16-12)9-11(4-1)13-14-6-7-15-13/h1-9H,(H,14,15). The molecule has 0 aliphatic carbocycles. The lowest BCUT2D eigenvalue weighted by molar-refractivity contribution is 0.582. The molecule has 0 atom stereocenters. The molecule has 0 spiro atoms. The third-order valence-corrected chi connectivity index (χ3v) is 2.44. The maximum Gasteiger partial charge on any atom is 0.137 e. The fraction of sp³-hybridized carbons (Fsp3) is 0. The number of rotatable bonds is 2. The van der Waals surface area contributed by atoms with Gasteiger partial charge in [0, 0.05) is 23.5 Å². The number of hydrogen-bond acceptors (Lipinski definition) is 2. The molecule has 3 aromatic rings. The van der Waals surface area contributed by atoms with E-state index in [4.69, 9.17) is 4.42 Å². The summed E-state index contributed by atoms with van der Waals surface area (Å²) in [5.41, 5.74) is 2.11. The van der Waals surface area contributed by atoms with Crippen molar-refractivity contribution in [1.82, 2.24) is 9.97 Å². The monoisotopic (exact) mass is 210 g/mol. The van der Waals surface area contributed by atoms with Gasteiger partial charge in [-0.2, -0.15) is 0 Å². The van der Waals surface area contributed by atoms with Crippen LogP contribution in [-0.2, 0) is 0 Å². The first-order valence-electron chi connectivity index (χ1n) is 5.07. The van der Waals surface area contributed by atoms with Crippen LogP contribution in [0.1, 0.15) is 0 Å². The van der Waals surface area contributed by atoms with Crippen LogP contribution < -0.4 is 0 Å². The highest BCUT2D eigenvalue weighted by atomic mass is 16.3. The second-order valence-corrected chi connectivity index (χ2v) is 3.50. The Bertz CT molecular complexity index is 518. The van der Waals surface area contributed by atoms with E-state index in [1.165, 1.54) is 0 Å². The number of aromatic amines is 1. The quantitative estimate of drug-likeness (QED) is 0.704. The van der Waals surface area contributed by atoms with Crippen LogP contribution in [0.15, 0.2) is 59.5 Å². The van der Waals surface area contributed by atoms with Gasteiger partial charge in [0.2, 0.25) is 0 Å². The Morgan fingerprint density at radius 1 is 1.06 bits per heavy atom. The van der Waals surface area contributed by atoms with Gasteiger partial charge in [0.05, 0.1) is 6.26 Å². The number of nitrogens with one attached hydrogen (secondary N) is 1. The van der Waals surface area contributed by atoms with E-state index in [1.54, 1.807) is 12.5 Å². The predicted molar refractivity (Wildman–Crippen MR) is 61.7 cm³/mol. The molecule has 1 aromatic carbocycles. The van der Waals surface area contributed by atoms with Crippen molar-refractivity contribution in [2.24, 2.45) is 0 Å². The zero-order valence-electron chi connectivity index (χ0n) is 8.55. The number of hydrogen-bond donors (Lipinski definition) is 1. The SMILES string of the molecule is c1cc(-c2ncc[nH]2)cc(-c2ccco2)c1. The summed E-state index contributed by atoms with van der Waals surface area (Å²) in [6.07, 6.45) is 5.23. The zero-order valence-corrected chi connectivity index (χ0v) is 8.55. The summed E-state index contributed by atoms with van der Waals surface area (Å²) in [5.74, 6) is 1.74. The number of aromatic nitrogens is 2. The smallest absolute Gasteiger partial charge is 0.137 e. The van der Waals surface area contributed by atoms with Gasteiger partial charge in [-0.15, -0.1) is 0 Å². The molecule has 1 N–H and O–H groups in total. The lowest BCUT2D eigenvalue weighted by Crippen LogP contribution is -1.81. The molecule has 0 unspecified atom stereocenters. The van der Waals surface area contributed by atoms with E-state index in [-0.39, 0.29) is 0 Å². The Hall–Kier alpha value is -2.29. The van der Waals surface area contributed by atoms with Crippen molar-refractivity contribution in [2.75, 3.05) is 0 Å². The molecule has 0 aliphatic rings. The maximum atomic E-state index is 5.36. The van der Waals surface area contributed by atoms with Crippen LogP contribution >= 0.6 is 0 Å². The number of imidazole rings is 1. The summed E-state index contributed by atoms with van der Waals surface area (Å²) in [6.45, 7) is 0. The third kappa shape index (κ3) is 1.52. The largest absolute Gasteiger partial charge is 0.464 e. The topological polar surface area (TPSA) is 41.8 Å². The van der Waals surface area contributed by atoms with Crippen LogP contribution in [0.2, 0.25) is 0 Å². The van der Waals surface area contributed by atoms with Gasteiger partial charge >= 0.3 is 0 Å². The van der Waals surface area contributed by atoms with E-state index in [9.17, 15) is 0 Å². The minimum absolute atomic E-state index is 0.869. The number of furan rings is 1. The van der Waals surface area contributed by atoms with Crippen molar-refractivity contribution in [3.63, 3.8) is 0 Å². The summed E-state index contributed by atoms with van der Waals surface area (Å²) in [5, 5.41) is 0. The van der Waals surface area contributed by atoms with Gasteiger partial charge in [-0.05, 0) is 18.2 Å². The van der Waals surface area contributed by atoms with Crippen molar-refractivity contribution in [3.05, 3.63) is 55.1 Å². The van der Waals surface area contributed by atoms with E-state index in [2.05, 4.69) is 16.0 Å². The minimum Gasteiger partial charge on any atom is -0.464 e. The first-order chi connectivity index (χ1) is 7.93. The molecular weight excluding hydrogens is 200 g/mol. The zero-order chi connectivity index (χ0) is 10.8. The van der Waals surface area contributed by atoms with Crippen molar-refractivity contribution in [2.45, 2.75) is 0 Å². The second kappa shape index (κ2) is 3.70. The molecule has 0 fully saturated rings. The second-order valence-electron chi connectivity index (χ2n) is 3.50. The van der Waals surface area contributed by atoms with Gasteiger partial charge in [-0.25, -0.2) is 4.98 Å². The molecule has 0 saturated heterocycles. The molecule has 0 aliphatic heterocycles. The van der Waals surface area contributed by atoms with Crippen LogP contribution in [-0.4, -0.2) is 9.97 Å². The van der Waals surface area contributed by atoms with E-state index < -0.39 is 0 Å². The summed E-state index contributed by atoms with van der Waals surface area (Å²) in [4.78, 5) is 7.31. The molecule has 3 heteroatoms. The van der Waals surface area contributed by atoms with Gasteiger partial charge < -0.3 is 9.40 Å². The van der Waals surface area contributed by atoms with Crippen LogP contribution in [0.25, 0.3) is 22.7 Å². The Labute approximate surface area is 92.8 Å². The Morgan fingerprint density at radius 3 is 2.75 bits per heavy atom. The third-order valence-electron chi connectivity index (χ3n) is 2.44. The van der Waals surface area contributed by atoms with Crippen LogP contribution in [0.4, 0.5) is 0 Å². The van der Waals surface area contributed by atoms with Gasteiger partial charge in [0.25, 0.3) is 0 Å². The molecule has 2 aromatic heterocycles. The van der Waals surface area contributed by atoms with E-state index in [1.807, 2.05) is 36.5 Å². The maximum absolute atomic E-state index is 5.36. The molecule has 78 valence electrons. The van der Waals surface area contributed by atoms with Gasteiger partial charge in [0.15, 0.2) is 0 Å². The Morgan fingerprint density at radius 2 is 2.00 bits per heavy atom. The van der Waals surface area contributed by atoms with Gasteiger partial charge in [-0.3, -0.25) is 0 Å². The Kier molecular flexibility index (Phi) is 2.07. The highest BCUT2D eigenvalue weighted by molar-refractivity contribution is 5.66. The molecule has 0 radical (unpaired) electrons. The molecule has 0 saturated carbocycles. The molecule has 0 bridgehead atoms. The van der Waals surface area contributed by atoms with Crippen molar-refractivity contribution >= 4 is 0 Å². The van der Waals surface area contributed by atoms with Crippen molar-refractivity contribution in [1.29, 1.82) is 0 Å². The molecule has 0 amide bonds. The molecular formula is C13H10N2O. The van der Waals surface area contributed by atoms with Crippen LogP contribution in [0.3, 0.4) is 0 Å². The van der Waals surface area contributed by atoms with Crippen molar-refractivity contribution in [3.8, 4) is 22.7 Å². The molecule has 3 nitrogen and oxygen atoms in total. The molecule has 16 heavy (non-hydrogen) atoms. The van der Waals surface area contributed by atoms with Gasteiger partial charge in [0.1, 0.15) is 11.6 Å². The fourth-order valence-electron chi connectivity index (χ4n) is 1.69. The van der Waals surface area contributed by atoms with Gasteiger partial charge in [-0.1, -0.05) is 18.2 Å². The lowest BCUT2D eigenvalue weighted by Gasteiger charge is -2.00. The highest BCUT2D eigenvalue weighted by Crippen LogP contribution is 2.24. The average molecular weight is 210 g/mol. The summed E-state index contributed by atoms with van der Waals surface area (Å²) < 4.78 is 5.36. The first kappa shape index (κ1) is 8.97. The lowest BCUT2D eigenvalue weighted by atomic mass is 10.1. The van der Waals surface area contributed by atoms with E-state index in [0.29, 0.717) is 0 Å². The molecule has 3 rings (SSSR count). The summed E-state index contributed by atoms with van der Waals surface area (Å²) >= 11 is 0. The first-order valence-corrected chi connectivity index (χ1v) is 5.07. The normalized spacial score (nSPS) is 10.5. The van der Waals surface area contributed by atoms with Crippen LogP contribution in [0, 0.1) is 0 Å².